The Hall–Kier alpha value is -2.97. The van der Waals surface area contributed by atoms with E-state index in [4.69, 9.17) is 4.74 Å². The fourth-order valence-corrected chi connectivity index (χ4v) is 3.51. The molecule has 1 heterocycles. The Morgan fingerprint density at radius 2 is 1.68 bits per heavy atom. The van der Waals surface area contributed by atoms with Crippen molar-refractivity contribution in [3.8, 4) is 0 Å². The summed E-state index contributed by atoms with van der Waals surface area (Å²) in [6, 6.07) is 13.8. The van der Waals surface area contributed by atoms with Crippen molar-refractivity contribution in [2.75, 3.05) is 33.1 Å². The van der Waals surface area contributed by atoms with Crippen LogP contribution >= 0.6 is 0 Å². The molecule has 3 rings (SSSR count). The molecule has 0 saturated heterocycles. The van der Waals surface area contributed by atoms with Gasteiger partial charge < -0.3 is 9.64 Å². The lowest BCUT2D eigenvalue weighted by Gasteiger charge is -2.11. The second-order valence-electron chi connectivity index (χ2n) is 6.64. The highest BCUT2D eigenvalue weighted by Crippen LogP contribution is 2.22. The number of aliphatic imine (C=N–C) groups is 1. The van der Waals surface area contributed by atoms with Crippen LogP contribution in [0.1, 0.15) is 11.1 Å². The van der Waals surface area contributed by atoms with E-state index in [2.05, 4.69) is 4.99 Å². The zero-order chi connectivity index (χ0) is 20.5. The molecule has 0 N–H and O–H groups in total. The molecule has 0 radical (unpaired) electrons. The van der Waals surface area contributed by atoms with E-state index in [0.29, 0.717) is 5.56 Å². The minimum Gasteiger partial charge on any atom is -0.402 e. The zero-order valence-corrected chi connectivity index (χ0v) is 16.9. The number of sulfonamides is 1. The van der Waals surface area contributed by atoms with Gasteiger partial charge in [0.25, 0.3) is 0 Å². The predicted octanol–water partition coefficient (Wildman–Crippen LogP) is 2.35. The molecule has 2 aromatic rings. The molecule has 0 unspecified atom stereocenters. The molecular formula is C20H21N3O4S. The third kappa shape index (κ3) is 3.97. The molecule has 0 fully saturated rings. The fourth-order valence-electron chi connectivity index (χ4n) is 2.56. The molecule has 0 aromatic heterocycles. The number of esters is 1. The average Bonchev–Trinajstić information content (AvgIpc) is 3.02. The van der Waals surface area contributed by atoms with Crippen LogP contribution in [0.25, 0.3) is 6.08 Å². The van der Waals surface area contributed by atoms with E-state index in [1.807, 2.05) is 43.3 Å². The fraction of sp³-hybridized carbons (Fsp3) is 0.200. The molecule has 0 aliphatic carbocycles. The maximum Gasteiger partial charge on any atom is 0.363 e. The molecule has 28 heavy (non-hydrogen) atoms. The highest BCUT2D eigenvalue weighted by Gasteiger charge is 2.26. The molecule has 8 heteroatoms. The number of carbonyl (C=O) groups excluding carboxylic acids is 1. The Bertz CT molecular complexity index is 1070. The van der Waals surface area contributed by atoms with Gasteiger partial charge in [-0.2, -0.15) is 0 Å². The lowest BCUT2D eigenvalue weighted by molar-refractivity contribution is -0.129. The Morgan fingerprint density at radius 1 is 1.00 bits per heavy atom. The predicted molar refractivity (Wildman–Crippen MR) is 109 cm³/mol. The molecule has 0 amide bonds. The standard InChI is InChI=1S/C20H21N3O4S/c1-22(2)16-10-8-14(9-11-16)12-18-20(24)27-19(21-18)15-6-5-7-17(13-15)28(25,26)23(3)4/h5-13H,1-4H3/b18-12-. The van der Waals surface area contributed by atoms with Gasteiger partial charge in [-0.1, -0.05) is 18.2 Å². The van der Waals surface area contributed by atoms with E-state index < -0.39 is 16.0 Å². The van der Waals surface area contributed by atoms with Gasteiger partial charge in [-0.05, 0) is 42.0 Å². The molecule has 1 aliphatic rings. The van der Waals surface area contributed by atoms with Crippen LogP contribution in [0, 0.1) is 0 Å². The van der Waals surface area contributed by atoms with E-state index >= 15 is 0 Å². The quantitative estimate of drug-likeness (QED) is 0.570. The minimum atomic E-state index is -3.60. The number of hydrogen-bond donors (Lipinski definition) is 0. The number of benzene rings is 2. The van der Waals surface area contributed by atoms with Crippen molar-refractivity contribution in [1.82, 2.24) is 4.31 Å². The highest BCUT2D eigenvalue weighted by atomic mass is 32.2. The van der Waals surface area contributed by atoms with Gasteiger partial charge in [0, 0.05) is 39.4 Å². The summed E-state index contributed by atoms with van der Waals surface area (Å²) in [5, 5.41) is 0. The van der Waals surface area contributed by atoms with Crippen LogP contribution in [0.3, 0.4) is 0 Å². The molecular weight excluding hydrogens is 378 g/mol. The molecule has 0 atom stereocenters. The third-order valence-corrected chi connectivity index (χ3v) is 6.00. The van der Waals surface area contributed by atoms with Gasteiger partial charge in [-0.25, -0.2) is 22.5 Å². The number of rotatable bonds is 5. The number of hydrogen-bond acceptors (Lipinski definition) is 6. The summed E-state index contributed by atoms with van der Waals surface area (Å²) >= 11 is 0. The first kappa shape index (κ1) is 19.8. The summed E-state index contributed by atoms with van der Waals surface area (Å²) in [6.07, 6.45) is 1.63. The van der Waals surface area contributed by atoms with Crippen LogP contribution in [0.2, 0.25) is 0 Å². The molecule has 0 saturated carbocycles. The largest absolute Gasteiger partial charge is 0.402 e. The Morgan fingerprint density at radius 3 is 2.29 bits per heavy atom. The minimum absolute atomic E-state index is 0.0805. The second kappa shape index (κ2) is 7.57. The maximum atomic E-state index is 12.3. The zero-order valence-electron chi connectivity index (χ0n) is 16.1. The topological polar surface area (TPSA) is 79.3 Å². The van der Waals surface area contributed by atoms with Gasteiger partial charge in [0.15, 0.2) is 5.70 Å². The summed E-state index contributed by atoms with van der Waals surface area (Å²) in [5.74, 6) is -0.496. The van der Waals surface area contributed by atoms with Crippen molar-refractivity contribution in [3.05, 3.63) is 65.4 Å². The van der Waals surface area contributed by atoms with Gasteiger partial charge in [-0.3, -0.25) is 0 Å². The third-order valence-electron chi connectivity index (χ3n) is 4.19. The summed E-state index contributed by atoms with van der Waals surface area (Å²) < 4.78 is 31.0. The van der Waals surface area contributed by atoms with E-state index in [0.717, 1.165) is 15.6 Å². The Balaban J connectivity index is 1.92. The van der Waals surface area contributed by atoms with Crippen molar-refractivity contribution in [3.63, 3.8) is 0 Å². The number of cyclic esters (lactones) is 1. The number of anilines is 1. The second-order valence-corrected chi connectivity index (χ2v) is 8.79. The van der Waals surface area contributed by atoms with Crippen LogP contribution in [0.5, 0.6) is 0 Å². The van der Waals surface area contributed by atoms with Crippen molar-refractivity contribution < 1.29 is 17.9 Å². The van der Waals surface area contributed by atoms with Crippen LogP contribution in [-0.2, 0) is 19.6 Å². The normalized spacial score (nSPS) is 15.7. The summed E-state index contributed by atoms with van der Waals surface area (Å²) in [6.45, 7) is 0. The van der Waals surface area contributed by atoms with Crippen molar-refractivity contribution in [2.45, 2.75) is 4.90 Å². The first-order valence-electron chi connectivity index (χ1n) is 8.51. The lowest BCUT2D eigenvalue weighted by Crippen LogP contribution is -2.22. The van der Waals surface area contributed by atoms with E-state index in [-0.39, 0.29) is 16.5 Å². The lowest BCUT2D eigenvalue weighted by atomic mass is 10.1. The summed E-state index contributed by atoms with van der Waals surface area (Å²) in [5.41, 5.74) is 2.43. The molecule has 1 aliphatic heterocycles. The van der Waals surface area contributed by atoms with Crippen molar-refractivity contribution >= 4 is 33.7 Å². The van der Waals surface area contributed by atoms with Gasteiger partial charge in [0.1, 0.15) is 0 Å². The molecule has 146 valence electrons. The SMILES string of the molecule is CN(C)c1ccc(/C=C2\N=C(c3cccc(S(=O)(=O)N(C)C)c3)OC2=O)cc1. The van der Waals surface area contributed by atoms with Crippen molar-refractivity contribution in [2.24, 2.45) is 4.99 Å². The van der Waals surface area contributed by atoms with Crippen LogP contribution < -0.4 is 4.90 Å². The van der Waals surface area contributed by atoms with E-state index in [1.54, 1.807) is 18.2 Å². The number of ether oxygens (including phenoxy) is 1. The molecule has 2 aromatic carbocycles. The van der Waals surface area contributed by atoms with Crippen molar-refractivity contribution in [1.29, 1.82) is 0 Å². The highest BCUT2D eigenvalue weighted by molar-refractivity contribution is 7.89. The molecule has 0 spiro atoms. The van der Waals surface area contributed by atoms with E-state index in [9.17, 15) is 13.2 Å². The first-order chi connectivity index (χ1) is 13.2. The Kier molecular flexibility index (Phi) is 5.35. The van der Waals surface area contributed by atoms with Gasteiger partial charge in [0.05, 0.1) is 4.90 Å². The summed E-state index contributed by atoms with van der Waals surface area (Å²) in [4.78, 5) is 18.5. The smallest absolute Gasteiger partial charge is 0.363 e. The van der Waals surface area contributed by atoms with Crippen LogP contribution in [-0.4, -0.2) is 52.8 Å². The van der Waals surface area contributed by atoms with Gasteiger partial charge >= 0.3 is 5.97 Å². The van der Waals surface area contributed by atoms with Crippen LogP contribution in [0.4, 0.5) is 5.69 Å². The molecule has 7 nitrogen and oxygen atoms in total. The first-order valence-corrected chi connectivity index (χ1v) is 9.95. The Labute approximate surface area is 164 Å². The molecule has 0 bridgehead atoms. The monoisotopic (exact) mass is 399 g/mol. The summed E-state index contributed by atoms with van der Waals surface area (Å²) in [7, 11) is 3.21. The van der Waals surface area contributed by atoms with E-state index in [1.165, 1.54) is 26.2 Å². The van der Waals surface area contributed by atoms with Gasteiger partial charge in [-0.15, -0.1) is 0 Å². The average molecular weight is 399 g/mol. The number of carbonyl (C=O) groups is 1. The van der Waals surface area contributed by atoms with Gasteiger partial charge in [0.2, 0.25) is 15.9 Å². The maximum absolute atomic E-state index is 12.3. The van der Waals surface area contributed by atoms with Crippen LogP contribution in [0.15, 0.2) is 64.1 Å². The number of nitrogens with zero attached hydrogens (tertiary/aromatic N) is 3.